The van der Waals surface area contributed by atoms with Gasteiger partial charge in [-0.05, 0) is 12.1 Å². The van der Waals surface area contributed by atoms with Gasteiger partial charge in [-0.15, -0.1) is 0 Å². The second kappa shape index (κ2) is 2.55. The first kappa shape index (κ1) is 7.72. The first-order chi connectivity index (χ1) is 6.22. The SMILES string of the molecule is COc1c(O)ccc2oc(=O)oc12. The van der Waals surface area contributed by atoms with Gasteiger partial charge in [0.1, 0.15) is 0 Å². The Labute approximate surface area is 72.1 Å². The van der Waals surface area contributed by atoms with E-state index in [1.165, 1.54) is 19.2 Å². The van der Waals surface area contributed by atoms with E-state index in [-0.39, 0.29) is 22.7 Å². The van der Waals surface area contributed by atoms with Gasteiger partial charge in [-0.1, -0.05) is 0 Å². The highest BCUT2D eigenvalue weighted by atomic mass is 16.6. The molecule has 0 atom stereocenters. The van der Waals surface area contributed by atoms with Gasteiger partial charge in [0, 0.05) is 0 Å². The van der Waals surface area contributed by atoms with Crippen molar-refractivity contribution in [1.29, 1.82) is 0 Å². The zero-order valence-electron chi connectivity index (χ0n) is 6.73. The van der Waals surface area contributed by atoms with Gasteiger partial charge in [-0.3, -0.25) is 0 Å². The van der Waals surface area contributed by atoms with Crippen LogP contribution in [0.15, 0.2) is 25.8 Å². The van der Waals surface area contributed by atoms with E-state index in [1.54, 1.807) is 0 Å². The molecule has 0 aliphatic carbocycles. The molecule has 1 aromatic heterocycles. The molecule has 0 aliphatic rings. The first-order valence-electron chi connectivity index (χ1n) is 3.52. The highest BCUT2D eigenvalue weighted by molar-refractivity contribution is 5.80. The van der Waals surface area contributed by atoms with Crippen LogP contribution in [-0.4, -0.2) is 12.2 Å². The van der Waals surface area contributed by atoms with Gasteiger partial charge in [-0.25, -0.2) is 4.79 Å². The molecule has 5 heteroatoms. The van der Waals surface area contributed by atoms with E-state index in [0.29, 0.717) is 0 Å². The molecule has 13 heavy (non-hydrogen) atoms. The van der Waals surface area contributed by atoms with Crippen molar-refractivity contribution in [2.75, 3.05) is 7.11 Å². The Morgan fingerprint density at radius 2 is 2.15 bits per heavy atom. The topological polar surface area (TPSA) is 72.8 Å². The molecule has 0 unspecified atom stereocenters. The highest BCUT2D eigenvalue weighted by Gasteiger charge is 2.13. The number of ether oxygens (including phenoxy) is 1. The maximum Gasteiger partial charge on any atom is 0.519 e. The number of fused-ring (bicyclic) bond motifs is 1. The van der Waals surface area contributed by atoms with Crippen LogP contribution in [0.2, 0.25) is 0 Å². The van der Waals surface area contributed by atoms with Crippen molar-refractivity contribution in [2.45, 2.75) is 0 Å². The predicted octanol–water partition coefficient (Wildman–Crippen LogP) is 1.10. The monoisotopic (exact) mass is 182 g/mol. The lowest BCUT2D eigenvalue weighted by atomic mass is 10.3. The summed E-state index contributed by atoms with van der Waals surface area (Å²) >= 11 is 0. The van der Waals surface area contributed by atoms with Crippen molar-refractivity contribution >= 4 is 11.2 Å². The van der Waals surface area contributed by atoms with Crippen LogP contribution in [0.5, 0.6) is 11.5 Å². The molecule has 5 nitrogen and oxygen atoms in total. The van der Waals surface area contributed by atoms with Crippen molar-refractivity contribution in [3.8, 4) is 11.5 Å². The Morgan fingerprint density at radius 3 is 2.85 bits per heavy atom. The zero-order valence-corrected chi connectivity index (χ0v) is 6.73. The minimum absolute atomic E-state index is 0.0976. The number of phenolic OH excluding ortho intramolecular Hbond substituents is 1. The molecule has 68 valence electrons. The molecule has 0 aliphatic heterocycles. The van der Waals surface area contributed by atoms with Crippen LogP contribution in [0.3, 0.4) is 0 Å². The van der Waals surface area contributed by atoms with Crippen LogP contribution >= 0.6 is 0 Å². The zero-order chi connectivity index (χ0) is 9.42. The summed E-state index contributed by atoms with van der Waals surface area (Å²) in [5.41, 5.74) is 0.368. The van der Waals surface area contributed by atoms with Gasteiger partial charge in [0.15, 0.2) is 11.3 Å². The van der Waals surface area contributed by atoms with Crippen LogP contribution in [0, 0.1) is 0 Å². The molecule has 2 aromatic rings. The summed E-state index contributed by atoms with van der Waals surface area (Å²) in [5, 5.41) is 9.29. The molecule has 0 spiro atoms. The van der Waals surface area contributed by atoms with E-state index in [0.717, 1.165) is 0 Å². The Kier molecular flexibility index (Phi) is 1.51. The van der Waals surface area contributed by atoms with Crippen molar-refractivity contribution in [3.05, 3.63) is 22.7 Å². The number of methoxy groups -OCH3 is 1. The molecule has 0 bridgehead atoms. The fourth-order valence-electron chi connectivity index (χ4n) is 1.10. The van der Waals surface area contributed by atoms with Gasteiger partial charge in [0.05, 0.1) is 7.11 Å². The van der Waals surface area contributed by atoms with Crippen LogP contribution in [0.25, 0.3) is 11.2 Å². The minimum Gasteiger partial charge on any atom is -0.504 e. The molecular formula is C8H6O5. The third kappa shape index (κ3) is 1.05. The molecule has 0 saturated carbocycles. The summed E-state index contributed by atoms with van der Waals surface area (Å²) in [6.45, 7) is 0. The number of hydrogen-bond donors (Lipinski definition) is 1. The third-order valence-electron chi connectivity index (χ3n) is 1.64. The Hall–Kier alpha value is -1.91. The molecule has 1 N–H and O–H groups in total. The molecule has 0 amide bonds. The summed E-state index contributed by atoms with van der Waals surface area (Å²) in [7, 11) is 1.36. The average molecular weight is 182 g/mol. The lowest BCUT2D eigenvalue weighted by Gasteiger charge is -2.00. The lowest BCUT2D eigenvalue weighted by Crippen LogP contribution is -1.85. The number of aromatic hydroxyl groups is 1. The molecule has 1 heterocycles. The van der Waals surface area contributed by atoms with Gasteiger partial charge in [0.2, 0.25) is 11.3 Å². The molecular weight excluding hydrogens is 176 g/mol. The van der Waals surface area contributed by atoms with Gasteiger partial charge >= 0.3 is 5.82 Å². The third-order valence-corrected chi connectivity index (χ3v) is 1.64. The average Bonchev–Trinajstić information content (AvgIpc) is 2.45. The number of phenols is 1. The quantitative estimate of drug-likeness (QED) is 0.714. The largest absolute Gasteiger partial charge is 0.519 e. The van der Waals surface area contributed by atoms with E-state index < -0.39 is 5.82 Å². The summed E-state index contributed by atoms with van der Waals surface area (Å²) < 4.78 is 14.1. The summed E-state index contributed by atoms with van der Waals surface area (Å²) in [4.78, 5) is 10.7. The van der Waals surface area contributed by atoms with E-state index in [4.69, 9.17) is 4.74 Å². The van der Waals surface area contributed by atoms with E-state index >= 15 is 0 Å². The second-order valence-electron chi connectivity index (χ2n) is 2.40. The highest BCUT2D eigenvalue weighted by Crippen LogP contribution is 2.33. The fraction of sp³-hybridized carbons (Fsp3) is 0.125. The number of hydrogen-bond acceptors (Lipinski definition) is 5. The molecule has 0 radical (unpaired) electrons. The van der Waals surface area contributed by atoms with E-state index in [2.05, 4.69) is 8.83 Å². The number of rotatable bonds is 1. The van der Waals surface area contributed by atoms with E-state index in [1.807, 2.05) is 0 Å². The molecule has 1 aromatic carbocycles. The summed E-state index contributed by atoms with van der Waals surface area (Å²) in [6.07, 6.45) is 0. The van der Waals surface area contributed by atoms with Crippen molar-refractivity contribution in [3.63, 3.8) is 0 Å². The van der Waals surface area contributed by atoms with Gasteiger partial charge < -0.3 is 18.7 Å². The van der Waals surface area contributed by atoms with Crippen molar-refractivity contribution in [2.24, 2.45) is 0 Å². The fourth-order valence-corrected chi connectivity index (χ4v) is 1.10. The Balaban J connectivity index is 2.90. The molecule has 0 saturated heterocycles. The standard InChI is InChI=1S/C8H6O5/c1-11-6-4(9)2-3-5-7(6)13-8(10)12-5/h2-3,9H,1H3. The maximum absolute atomic E-state index is 10.7. The lowest BCUT2D eigenvalue weighted by molar-refractivity contribution is 0.364. The first-order valence-corrected chi connectivity index (χ1v) is 3.52. The summed E-state index contributed by atoms with van der Waals surface area (Å²) in [6, 6.07) is 2.79. The predicted molar refractivity (Wildman–Crippen MR) is 43.0 cm³/mol. The van der Waals surface area contributed by atoms with Crippen LogP contribution in [-0.2, 0) is 0 Å². The van der Waals surface area contributed by atoms with Gasteiger partial charge in [0.25, 0.3) is 0 Å². The minimum atomic E-state index is -0.820. The van der Waals surface area contributed by atoms with E-state index in [9.17, 15) is 9.90 Å². The summed E-state index contributed by atoms with van der Waals surface area (Å²) in [5.74, 6) is -0.818. The van der Waals surface area contributed by atoms with Crippen LogP contribution in [0.4, 0.5) is 0 Å². The molecule has 0 fully saturated rings. The smallest absolute Gasteiger partial charge is 0.504 e. The molecule has 2 rings (SSSR count). The maximum atomic E-state index is 10.7. The second-order valence-corrected chi connectivity index (χ2v) is 2.40. The normalized spacial score (nSPS) is 10.5. The van der Waals surface area contributed by atoms with Crippen LogP contribution < -0.4 is 10.6 Å². The Bertz CT molecular complexity index is 493. The van der Waals surface area contributed by atoms with Gasteiger partial charge in [-0.2, -0.15) is 0 Å². The van der Waals surface area contributed by atoms with Crippen LogP contribution in [0.1, 0.15) is 0 Å². The number of benzene rings is 1. The van der Waals surface area contributed by atoms with Crippen molar-refractivity contribution < 1.29 is 18.7 Å². The van der Waals surface area contributed by atoms with Crippen molar-refractivity contribution in [1.82, 2.24) is 0 Å². The Morgan fingerprint density at radius 1 is 1.38 bits per heavy atom.